The number of nitrogens with zero attached hydrogens (tertiary/aromatic N) is 7. The standard InChI is InChI=1S/C17H15F3N8/c1-10(15-23-9-24-28(15)16-21-6-3-7-22-16)25-14-12-8-11(17(18,19)20)4-5-13(12)27(2)26-14/h3-10H,1-2H3,(H,25,26). The first kappa shape index (κ1) is 17.9. The second kappa shape index (κ2) is 6.59. The van der Waals surface area contributed by atoms with Crippen molar-refractivity contribution in [3.63, 3.8) is 0 Å². The second-order valence-electron chi connectivity index (χ2n) is 6.15. The van der Waals surface area contributed by atoms with Gasteiger partial charge in [-0.15, -0.1) is 0 Å². The van der Waals surface area contributed by atoms with Crippen LogP contribution in [0.1, 0.15) is 24.4 Å². The van der Waals surface area contributed by atoms with Crippen LogP contribution in [0.2, 0.25) is 0 Å². The van der Waals surface area contributed by atoms with E-state index in [0.29, 0.717) is 28.5 Å². The summed E-state index contributed by atoms with van der Waals surface area (Å²) in [7, 11) is 1.67. The van der Waals surface area contributed by atoms with Crippen molar-refractivity contribution in [2.24, 2.45) is 7.05 Å². The van der Waals surface area contributed by atoms with Crippen molar-refractivity contribution in [3.05, 3.63) is 54.4 Å². The molecule has 3 aromatic heterocycles. The minimum Gasteiger partial charge on any atom is -0.358 e. The highest BCUT2D eigenvalue weighted by Crippen LogP contribution is 2.34. The number of aryl methyl sites for hydroxylation is 1. The van der Waals surface area contributed by atoms with Crippen LogP contribution in [0.3, 0.4) is 0 Å². The maximum absolute atomic E-state index is 13.1. The van der Waals surface area contributed by atoms with Gasteiger partial charge in [0.15, 0.2) is 11.6 Å². The Hall–Kier alpha value is -3.50. The van der Waals surface area contributed by atoms with Crippen molar-refractivity contribution < 1.29 is 13.2 Å². The molecule has 0 saturated carbocycles. The van der Waals surface area contributed by atoms with Crippen LogP contribution < -0.4 is 5.32 Å². The minimum atomic E-state index is -4.43. The van der Waals surface area contributed by atoms with Gasteiger partial charge in [0.25, 0.3) is 5.95 Å². The lowest BCUT2D eigenvalue weighted by Gasteiger charge is -2.14. The van der Waals surface area contributed by atoms with E-state index in [9.17, 15) is 13.2 Å². The Morgan fingerprint density at radius 2 is 1.86 bits per heavy atom. The van der Waals surface area contributed by atoms with Gasteiger partial charge in [-0.3, -0.25) is 4.68 Å². The summed E-state index contributed by atoms with van der Waals surface area (Å²) < 4.78 is 42.3. The summed E-state index contributed by atoms with van der Waals surface area (Å²) >= 11 is 0. The highest BCUT2D eigenvalue weighted by Gasteiger charge is 2.31. The summed E-state index contributed by atoms with van der Waals surface area (Å²) in [6.45, 7) is 1.80. The molecule has 0 amide bonds. The molecule has 8 nitrogen and oxygen atoms in total. The van der Waals surface area contributed by atoms with E-state index in [1.807, 2.05) is 0 Å². The van der Waals surface area contributed by atoms with E-state index >= 15 is 0 Å². The monoisotopic (exact) mass is 388 g/mol. The van der Waals surface area contributed by atoms with E-state index in [1.54, 1.807) is 32.4 Å². The predicted molar refractivity (Wildman–Crippen MR) is 94.7 cm³/mol. The molecule has 4 aromatic rings. The number of rotatable bonds is 4. The van der Waals surface area contributed by atoms with Gasteiger partial charge in [0.2, 0.25) is 0 Å². The highest BCUT2D eigenvalue weighted by atomic mass is 19.4. The van der Waals surface area contributed by atoms with Crippen LogP contribution in [-0.2, 0) is 13.2 Å². The summed E-state index contributed by atoms with van der Waals surface area (Å²) in [4.78, 5) is 12.5. The zero-order valence-electron chi connectivity index (χ0n) is 14.9. The first-order chi connectivity index (χ1) is 13.3. The molecule has 11 heteroatoms. The van der Waals surface area contributed by atoms with Crippen LogP contribution >= 0.6 is 0 Å². The molecule has 0 aliphatic rings. The Kier molecular flexibility index (Phi) is 4.21. The Labute approximate surface area is 157 Å². The Balaban J connectivity index is 1.70. The van der Waals surface area contributed by atoms with Crippen LogP contribution in [-0.4, -0.2) is 34.5 Å². The number of hydrogen-bond acceptors (Lipinski definition) is 6. The smallest absolute Gasteiger partial charge is 0.358 e. The van der Waals surface area contributed by atoms with E-state index in [1.165, 1.54) is 21.8 Å². The zero-order valence-corrected chi connectivity index (χ0v) is 14.9. The van der Waals surface area contributed by atoms with E-state index in [0.717, 1.165) is 12.1 Å². The van der Waals surface area contributed by atoms with E-state index < -0.39 is 17.8 Å². The van der Waals surface area contributed by atoms with Crippen molar-refractivity contribution in [1.82, 2.24) is 34.5 Å². The van der Waals surface area contributed by atoms with Gasteiger partial charge < -0.3 is 5.32 Å². The fourth-order valence-electron chi connectivity index (χ4n) is 2.92. The van der Waals surface area contributed by atoms with E-state index in [4.69, 9.17) is 0 Å². The molecule has 4 rings (SSSR count). The second-order valence-corrected chi connectivity index (χ2v) is 6.15. The molecule has 1 atom stereocenters. The molecule has 0 aliphatic heterocycles. The first-order valence-corrected chi connectivity index (χ1v) is 8.32. The van der Waals surface area contributed by atoms with Gasteiger partial charge in [-0.25, -0.2) is 15.0 Å². The molecular formula is C17H15F3N8. The molecule has 0 spiro atoms. The van der Waals surface area contributed by atoms with Crippen LogP contribution in [0.25, 0.3) is 16.9 Å². The van der Waals surface area contributed by atoms with Gasteiger partial charge in [0.05, 0.1) is 17.1 Å². The average Bonchev–Trinajstić information content (AvgIpc) is 3.27. The van der Waals surface area contributed by atoms with Crippen molar-refractivity contribution in [3.8, 4) is 5.95 Å². The summed E-state index contributed by atoms with van der Waals surface area (Å²) in [6, 6.07) is 4.80. The lowest BCUT2D eigenvalue weighted by molar-refractivity contribution is -0.137. The third-order valence-corrected chi connectivity index (χ3v) is 4.23. The third kappa shape index (κ3) is 3.15. The molecule has 144 valence electrons. The first-order valence-electron chi connectivity index (χ1n) is 8.32. The normalized spacial score (nSPS) is 13.0. The lowest BCUT2D eigenvalue weighted by Crippen LogP contribution is -2.15. The number of anilines is 1. The number of aromatic nitrogens is 7. The summed E-state index contributed by atoms with van der Waals surface area (Å²) in [6.07, 6.45) is 0.0908. The van der Waals surface area contributed by atoms with Gasteiger partial charge >= 0.3 is 6.18 Å². The largest absolute Gasteiger partial charge is 0.416 e. The number of halogens is 3. The molecular weight excluding hydrogens is 373 g/mol. The van der Waals surface area contributed by atoms with Crippen LogP contribution in [0.4, 0.5) is 19.0 Å². The summed E-state index contributed by atoms with van der Waals surface area (Å²) in [5, 5.41) is 11.9. The molecule has 0 aliphatic carbocycles. The highest BCUT2D eigenvalue weighted by molar-refractivity contribution is 5.91. The predicted octanol–water partition coefficient (Wildman–Crippen LogP) is 3.14. The van der Waals surface area contributed by atoms with Crippen LogP contribution in [0, 0.1) is 0 Å². The fourth-order valence-corrected chi connectivity index (χ4v) is 2.92. The molecule has 3 heterocycles. The van der Waals surface area contributed by atoms with Gasteiger partial charge in [-0.1, -0.05) is 0 Å². The van der Waals surface area contributed by atoms with Gasteiger partial charge in [-0.2, -0.15) is 28.1 Å². The molecule has 0 fully saturated rings. The average molecular weight is 388 g/mol. The minimum absolute atomic E-state index is 0.319. The van der Waals surface area contributed by atoms with Crippen molar-refractivity contribution >= 4 is 16.7 Å². The number of hydrogen-bond donors (Lipinski definition) is 1. The molecule has 1 unspecified atom stereocenters. The molecule has 0 radical (unpaired) electrons. The lowest BCUT2D eigenvalue weighted by atomic mass is 10.1. The molecule has 1 aromatic carbocycles. The SMILES string of the molecule is CC(Nc1nn(C)c2ccc(C(F)(F)F)cc12)c1ncnn1-c1ncccn1. The zero-order chi connectivity index (χ0) is 19.9. The molecule has 1 N–H and O–H groups in total. The van der Waals surface area contributed by atoms with Crippen molar-refractivity contribution in [2.45, 2.75) is 19.1 Å². The molecule has 0 bridgehead atoms. The maximum atomic E-state index is 13.1. The quantitative estimate of drug-likeness (QED) is 0.578. The summed E-state index contributed by atoms with van der Waals surface area (Å²) in [5.74, 6) is 1.16. The van der Waals surface area contributed by atoms with Gasteiger partial charge in [-0.05, 0) is 31.2 Å². The molecule has 0 saturated heterocycles. The van der Waals surface area contributed by atoms with Crippen LogP contribution in [0.5, 0.6) is 0 Å². The van der Waals surface area contributed by atoms with E-state index in [2.05, 4.69) is 30.5 Å². The van der Waals surface area contributed by atoms with Crippen molar-refractivity contribution in [1.29, 1.82) is 0 Å². The van der Waals surface area contributed by atoms with Crippen molar-refractivity contribution in [2.75, 3.05) is 5.32 Å². The topological polar surface area (TPSA) is 86.3 Å². The number of fused-ring (bicyclic) bond motifs is 1. The summed E-state index contributed by atoms with van der Waals surface area (Å²) in [5.41, 5.74) is -0.153. The van der Waals surface area contributed by atoms with E-state index in [-0.39, 0.29) is 0 Å². The maximum Gasteiger partial charge on any atom is 0.416 e. The number of nitrogens with one attached hydrogen (secondary N) is 1. The molecule has 28 heavy (non-hydrogen) atoms. The van der Waals surface area contributed by atoms with Gasteiger partial charge in [0.1, 0.15) is 6.33 Å². The Bertz CT molecular complexity index is 1120. The number of benzene rings is 1. The fraction of sp³-hybridized carbons (Fsp3) is 0.235. The van der Waals surface area contributed by atoms with Crippen LogP contribution in [0.15, 0.2) is 43.0 Å². The Morgan fingerprint density at radius 3 is 2.57 bits per heavy atom. The van der Waals surface area contributed by atoms with Gasteiger partial charge in [0, 0.05) is 24.8 Å². The Morgan fingerprint density at radius 1 is 1.11 bits per heavy atom. The number of alkyl halides is 3. The third-order valence-electron chi connectivity index (χ3n) is 4.23.